The molecule has 2 rings (SSSR count). The Balaban J connectivity index is 2.00. The smallest absolute Gasteiger partial charge is 0.228 e. The molecule has 0 radical (unpaired) electrons. The van der Waals surface area contributed by atoms with Crippen molar-refractivity contribution in [2.24, 2.45) is 11.8 Å². The highest BCUT2D eigenvalue weighted by molar-refractivity contribution is 6.00. The van der Waals surface area contributed by atoms with E-state index < -0.39 is 0 Å². The summed E-state index contributed by atoms with van der Waals surface area (Å²) in [5.41, 5.74) is 0.246. The minimum Gasteiger partial charge on any atom is -0.497 e. The monoisotopic (exact) mass is 320 g/mol. The Bertz CT molecular complexity index is 607. The summed E-state index contributed by atoms with van der Waals surface area (Å²) in [6, 6.07) is 5.18. The number of nitrogens with one attached hydrogen (secondary N) is 2. The van der Waals surface area contributed by atoms with Gasteiger partial charge in [0.15, 0.2) is 0 Å². The van der Waals surface area contributed by atoms with Gasteiger partial charge >= 0.3 is 0 Å². The summed E-state index contributed by atoms with van der Waals surface area (Å²) in [5.74, 6) is 0.370. The summed E-state index contributed by atoms with van der Waals surface area (Å²) in [5, 5.41) is 5.73. The Hall–Kier alpha value is -2.24. The van der Waals surface area contributed by atoms with Crippen LogP contribution in [0.1, 0.15) is 27.2 Å². The van der Waals surface area contributed by atoms with Crippen molar-refractivity contribution in [2.75, 3.05) is 19.5 Å². The van der Waals surface area contributed by atoms with Gasteiger partial charge in [-0.2, -0.15) is 0 Å². The van der Waals surface area contributed by atoms with Crippen LogP contribution >= 0.6 is 0 Å². The largest absolute Gasteiger partial charge is 0.497 e. The first-order valence-corrected chi connectivity index (χ1v) is 7.60. The van der Waals surface area contributed by atoms with Crippen LogP contribution in [0.3, 0.4) is 0 Å². The average molecular weight is 320 g/mol. The van der Waals surface area contributed by atoms with Crippen molar-refractivity contribution in [3.63, 3.8) is 0 Å². The van der Waals surface area contributed by atoms with Crippen LogP contribution in [0.15, 0.2) is 18.2 Å². The molecule has 1 saturated carbocycles. The number of rotatable bonds is 5. The molecule has 126 valence electrons. The number of amides is 2. The van der Waals surface area contributed by atoms with Crippen LogP contribution in [0.2, 0.25) is 0 Å². The molecule has 0 bridgehead atoms. The highest BCUT2D eigenvalue weighted by Gasteiger charge is 2.48. The molecule has 6 nitrogen and oxygen atoms in total. The maximum absolute atomic E-state index is 12.3. The van der Waals surface area contributed by atoms with Crippen LogP contribution in [-0.2, 0) is 9.59 Å². The van der Waals surface area contributed by atoms with Crippen molar-refractivity contribution in [3.8, 4) is 11.5 Å². The number of anilines is 1. The van der Waals surface area contributed by atoms with Crippen molar-refractivity contribution in [3.05, 3.63) is 18.2 Å². The second-order valence-electron chi connectivity index (χ2n) is 6.74. The molecule has 1 aromatic carbocycles. The van der Waals surface area contributed by atoms with E-state index in [-0.39, 0.29) is 29.2 Å². The summed E-state index contributed by atoms with van der Waals surface area (Å²) in [6.07, 6.45) is 0.569. The zero-order valence-electron chi connectivity index (χ0n) is 14.2. The van der Waals surface area contributed by atoms with Gasteiger partial charge in [0.1, 0.15) is 11.5 Å². The van der Waals surface area contributed by atoms with Gasteiger partial charge in [-0.25, -0.2) is 0 Å². The van der Waals surface area contributed by atoms with Crippen molar-refractivity contribution >= 4 is 17.5 Å². The number of hydrogen-bond acceptors (Lipinski definition) is 4. The summed E-state index contributed by atoms with van der Waals surface area (Å²) in [7, 11) is 3.09. The number of ether oxygens (including phenoxy) is 2. The van der Waals surface area contributed by atoms with E-state index in [4.69, 9.17) is 9.47 Å². The van der Waals surface area contributed by atoms with Gasteiger partial charge in [-0.3, -0.25) is 9.59 Å². The highest BCUT2D eigenvalue weighted by atomic mass is 16.5. The Morgan fingerprint density at radius 1 is 1.09 bits per heavy atom. The molecule has 0 aromatic heterocycles. The van der Waals surface area contributed by atoms with Crippen LogP contribution in [-0.4, -0.2) is 31.6 Å². The number of carbonyl (C=O) groups is 2. The van der Waals surface area contributed by atoms with Crippen LogP contribution < -0.4 is 20.1 Å². The Labute approximate surface area is 136 Å². The van der Waals surface area contributed by atoms with Crippen molar-refractivity contribution in [1.82, 2.24) is 5.32 Å². The zero-order chi connectivity index (χ0) is 17.2. The average Bonchev–Trinajstić information content (AvgIpc) is 3.26. The molecule has 0 saturated heterocycles. The lowest BCUT2D eigenvalue weighted by Gasteiger charge is -2.20. The molecule has 2 N–H and O–H groups in total. The molecule has 2 amide bonds. The first kappa shape index (κ1) is 17.1. The summed E-state index contributed by atoms with van der Waals surface area (Å²) < 4.78 is 10.4. The first-order chi connectivity index (χ1) is 10.7. The van der Waals surface area contributed by atoms with Gasteiger partial charge in [-0.05, 0) is 39.3 Å². The Kier molecular flexibility index (Phi) is 4.82. The summed E-state index contributed by atoms with van der Waals surface area (Å²) >= 11 is 0. The van der Waals surface area contributed by atoms with Gasteiger partial charge in [-0.15, -0.1) is 0 Å². The molecule has 23 heavy (non-hydrogen) atoms. The molecular weight excluding hydrogens is 296 g/mol. The highest BCUT2D eigenvalue weighted by Crippen LogP contribution is 2.40. The number of hydrogen-bond donors (Lipinski definition) is 2. The van der Waals surface area contributed by atoms with E-state index in [0.29, 0.717) is 23.6 Å². The predicted octanol–water partition coefficient (Wildman–Crippen LogP) is 2.19. The molecule has 1 fully saturated rings. The van der Waals surface area contributed by atoms with E-state index in [1.165, 1.54) is 7.11 Å². The van der Waals surface area contributed by atoms with E-state index in [1.807, 2.05) is 20.8 Å². The van der Waals surface area contributed by atoms with Gasteiger partial charge in [-0.1, -0.05) is 0 Å². The van der Waals surface area contributed by atoms with E-state index in [0.717, 1.165) is 0 Å². The van der Waals surface area contributed by atoms with Crippen LogP contribution in [0.4, 0.5) is 5.69 Å². The summed E-state index contributed by atoms with van der Waals surface area (Å²) in [6.45, 7) is 5.76. The molecular formula is C17H24N2O4. The van der Waals surface area contributed by atoms with Crippen LogP contribution in [0, 0.1) is 11.8 Å². The van der Waals surface area contributed by atoms with Crippen molar-refractivity contribution in [2.45, 2.75) is 32.7 Å². The topological polar surface area (TPSA) is 76.7 Å². The SMILES string of the molecule is COc1ccc(OC)c(NC(=O)C2CC2C(=O)NC(C)(C)C)c1. The first-order valence-electron chi connectivity index (χ1n) is 7.60. The van der Waals surface area contributed by atoms with E-state index >= 15 is 0 Å². The minimum absolute atomic E-state index is 0.0738. The summed E-state index contributed by atoms with van der Waals surface area (Å²) in [4.78, 5) is 24.4. The molecule has 0 aliphatic heterocycles. The lowest BCUT2D eigenvalue weighted by Crippen LogP contribution is -2.42. The molecule has 2 atom stereocenters. The fraction of sp³-hybridized carbons (Fsp3) is 0.529. The lowest BCUT2D eigenvalue weighted by atomic mass is 10.1. The van der Waals surface area contributed by atoms with Gasteiger partial charge in [0, 0.05) is 11.6 Å². The maximum Gasteiger partial charge on any atom is 0.228 e. The molecule has 0 heterocycles. The predicted molar refractivity (Wildman–Crippen MR) is 87.7 cm³/mol. The Morgan fingerprint density at radius 2 is 1.74 bits per heavy atom. The van der Waals surface area contributed by atoms with Crippen molar-refractivity contribution < 1.29 is 19.1 Å². The maximum atomic E-state index is 12.3. The fourth-order valence-corrected chi connectivity index (χ4v) is 2.37. The number of methoxy groups -OCH3 is 2. The molecule has 1 aromatic rings. The van der Waals surface area contributed by atoms with Gasteiger partial charge in [0.05, 0.1) is 31.7 Å². The standard InChI is InChI=1S/C17H24N2O4/c1-17(2,3)19-16(21)12-9-11(12)15(20)18-13-8-10(22-4)6-7-14(13)23-5/h6-8,11-12H,9H2,1-5H3,(H,18,20)(H,19,21). The second-order valence-corrected chi connectivity index (χ2v) is 6.74. The van der Waals surface area contributed by atoms with Gasteiger partial charge in [0.2, 0.25) is 11.8 Å². The molecule has 0 spiro atoms. The third kappa shape index (κ3) is 4.37. The third-order valence-corrected chi connectivity index (χ3v) is 3.63. The number of carbonyl (C=O) groups excluding carboxylic acids is 2. The normalized spacial score (nSPS) is 19.7. The second kappa shape index (κ2) is 6.48. The van der Waals surface area contributed by atoms with Crippen LogP contribution in [0.25, 0.3) is 0 Å². The Morgan fingerprint density at radius 3 is 2.30 bits per heavy atom. The van der Waals surface area contributed by atoms with Gasteiger partial charge < -0.3 is 20.1 Å². The lowest BCUT2D eigenvalue weighted by molar-refractivity contribution is -0.126. The van der Waals surface area contributed by atoms with Crippen molar-refractivity contribution in [1.29, 1.82) is 0 Å². The van der Waals surface area contributed by atoms with Crippen LogP contribution in [0.5, 0.6) is 11.5 Å². The molecule has 1 aliphatic carbocycles. The minimum atomic E-state index is -0.298. The fourth-order valence-electron chi connectivity index (χ4n) is 2.37. The molecule has 1 aliphatic rings. The molecule has 6 heteroatoms. The third-order valence-electron chi connectivity index (χ3n) is 3.63. The molecule has 2 unspecified atom stereocenters. The van der Waals surface area contributed by atoms with E-state index in [9.17, 15) is 9.59 Å². The van der Waals surface area contributed by atoms with E-state index in [2.05, 4.69) is 10.6 Å². The van der Waals surface area contributed by atoms with E-state index in [1.54, 1.807) is 25.3 Å². The zero-order valence-corrected chi connectivity index (χ0v) is 14.2. The van der Waals surface area contributed by atoms with Gasteiger partial charge in [0.25, 0.3) is 0 Å². The number of benzene rings is 1. The quantitative estimate of drug-likeness (QED) is 0.872.